The number of aliphatic hydroxyl groups is 1. The Balaban J connectivity index is 2.18. The average molecular weight is 221 g/mol. The molecule has 0 bridgehead atoms. The van der Waals surface area contributed by atoms with Crippen molar-refractivity contribution in [2.75, 3.05) is 5.73 Å². The van der Waals surface area contributed by atoms with Gasteiger partial charge in [0.1, 0.15) is 11.6 Å². The van der Waals surface area contributed by atoms with Crippen LogP contribution in [0.15, 0.2) is 18.6 Å². The molecule has 0 saturated carbocycles. The lowest BCUT2D eigenvalue weighted by Gasteiger charge is -2.09. The Morgan fingerprint density at radius 1 is 1.50 bits per heavy atom. The van der Waals surface area contributed by atoms with Crippen LogP contribution in [0.1, 0.15) is 17.5 Å². The van der Waals surface area contributed by atoms with E-state index in [0.717, 1.165) is 5.82 Å². The van der Waals surface area contributed by atoms with Gasteiger partial charge in [-0.15, -0.1) is 0 Å². The van der Waals surface area contributed by atoms with Crippen molar-refractivity contribution in [3.63, 3.8) is 0 Å². The van der Waals surface area contributed by atoms with Gasteiger partial charge >= 0.3 is 0 Å². The fourth-order valence-electron chi connectivity index (χ4n) is 1.60. The number of aryl methyl sites for hydroxylation is 2. The summed E-state index contributed by atoms with van der Waals surface area (Å²) in [6, 6.07) is 0. The molecule has 1 atom stereocenters. The van der Waals surface area contributed by atoms with Crippen molar-refractivity contribution in [1.82, 2.24) is 19.3 Å². The molecule has 0 spiro atoms. The minimum atomic E-state index is -0.671. The van der Waals surface area contributed by atoms with E-state index < -0.39 is 6.10 Å². The molecule has 0 aliphatic rings. The summed E-state index contributed by atoms with van der Waals surface area (Å²) < 4.78 is 3.41. The molecule has 6 nitrogen and oxygen atoms in total. The predicted molar refractivity (Wildman–Crippen MR) is 59.5 cm³/mol. The first-order chi connectivity index (χ1) is 7.59. The maximum Gasteiger partial charge on any atom is 0.127 e. The Labute approximate surface area is 93.3 Å². The molecule has 2 heterocycles. The number of nitrogens with zero attached hydrogens (tertiary/aromatic N) is 4. The second kappa shape index (κ2) is 3.97. The fraction of sp³-hybridized carbons (Fsp3) is 0.400. The molecular weight excluding hydrogens is 206 g/mol. The molecule has 86 valence electrons. The molecule has 1 unspecified atom stereocenters. The monoisotopic (exact) mass is 221 g/mol. The molecule has 0 saturated heterocycles. The second-order valence-corrected chi connectivity index (χ2v) is 3.78. The van der Waals surface area contributed by atoms with Crippen molar-refractivity contribution in [2.45, 2.75) is 12.5 Å². The average Bonchev–Trinajstić information content (AvgIpc) is 2.77. The van der Waals surface area contributed by atoms with Crippen LogP contribution in [0.25, 0.3) is 0 Å². The summed E-state index contributed by atoms with van der Waals surface area (Å²) in [4.78, 5) is 4.15. The van der Waals surface area contributed by atoms with Gasteiger partial charge in [0.15, 0.2) is 0 Å². The van der Waals surface area contributed by atoms with Crippen molar-refractivity contribution in [3.05, 3.63) is 30.0 Å². The highest BCUT2D eigenvalue weighted by Crippen LogP contribution is 2.22. The molecule has 0 aliphatic carbocycles. The smallest absolute Gasteiger partial charge is 0.127 e. The number of hydrogen-bond donors (Lipinski definition) is 2. The van der Waals surface area contributed by atoms with Gasteiger partial charge < -0.3 is 15.4 Å². The van der Waals surface area contributed by atoms with Crippen molar-refractivity contribution in [2.24, 2.45) is 14.1 Å². The van der Waals surface area contributed by atoms with E-state index >= 15 is 0 Å². The largest absolute Gasteiger partial charge is 0.388 e. The Morgan fingerprint density at radius 3 is 2.75 bits per heavy atom. The lowest BCUT2D eigenvalue weighted by molar-refractivity contribution is 0.175. The SMILES string of the molecule is Cn1ccnc1CC(O)c1cnn(C)c1N. The first-order valence-corrected chi connectivity index (χ1v) is 5.01. The molecule has 2 rings (SSSR count). The lowest BCUT2D eigenvalue weighted by atomic mass is 10.1. The van der Waals surface area contributed by atoms with E-state index in [1.165, 1.54) is 4.68 Å². The summed E-state index contributed by atoms with van der Waals surface area (Å²) in [6.45, 7) is 0. The van der Waals surface area contributed by atoms with E-state index in [2.05, 4.69) is 10.1 Å². The van der Waals surface area contributed by atoms with E-state index in [1.54, 1.807) is 19.4 Å². The normalized spacial score (nSPS) is 12.9. The zero-order chi connectivity index (χ0) is 11.7. The Bertz CT molecular complexity index is 487. The molecule has 2 aromatic heterocycles. The van der Waals surface area contributed by atoms with Crippen molar-refractivity contribution >= 4 is 5.82 Å². The number of nitrogen functional groups attached to an aromatic ring is 1. The molecular formula is C10H15N5O. The first kappa shape index (κ1) is 10.7. The molecule has 0 aliphatic heterocycles. The van der Waals surface area contributed by atoms with Crippen LogP contribution < -0.4 is 5.73 Å². The Hall–Kier alpha value is -1.82. The summed E-state index contributed by atoms with van der Waals surface area (Å²) in [6.07, 6.45) is 4.89. The molecule has 16 heavy (non-hydrogen) atoms. The van der Waals surface area contributed by atoms with Gasteiger partial charge in [0.25, 0.3) is 0 Å². The predicted octanol–water partition coefficient (Wildman–Crippen LogP) is 0.0119. The van der Waals surface area contributed by atoms with Gasteiger partial charge in [-0.05, 0) is 0 Å². The van der Waals surface area contributed by atoms with Gasteiger partial charge in [-0.3, -0.25) is 4.68 Å². The maximum absolute atomic E-state index is 10.0. The van der Waals surface area contributed by atoms with Crippen LogP contribution >= 0.6 is 0 Å². The van der Waals surface area contributed by atoms with Crippen LogP contribution in [0.4, 0.5) is 5.82 Å². The molecule has 0 aromatic carbocycles. The highest BCUT2D eigenvalue weighted by Gasteiger charge is 2.16. The molecule has 6 heteroatoms. The van der Waals surface area contributed by atoms with Gasteiger partial charge in [0.2, 0.25) is 0 Å². The van der Waals surface area contributed by atoms with Gasteiger partial charge in [-0.1, -0.05) is 0 Å². The number of aromatic nitrogens is 4. The van der Waals surface area contributed by atoms with Crippen LogP contribution in [0, 0.1) is 0 Å². The summed E-state index contributed by atoms with van der Waals surface area (Å²) >= 11 is 0. The van der Waals surface area contributed by atoms with E-state index in [4.69, 9.17) is 5.73 Å². The lowest BCUT2D eigenvalue weighted by Crippen LogP contribution is -2.08. The molecule has 0 radical (unpaired) electrons. The number of nitrogens with two attached hydrogens (primary N) is 1. The zero-order valence-electron chi connectivity index (χ0n) is 9.33. The third-order valence-electron chi connectivity index (χ3n) is 2.67. The van der Waals surface area contributed by atoms with E-state index in [-0.39, 0.29) is 0 Å². The molecule has 0 amide bonds. The zero-order valence-corrected chi connectivity index (χ0v) is 9.33. The van der Waals surface area contributed by atoms with Crippen molar-refractivity contribution in [3.8, 4) is 0 Å². The highest BCUT2D eigenvalue weighted by molar-refractivity contribution is 5.40. The van der Waals surface area contributed by atoms with Gasteiger partial charge in [-0.2, -0.15) is 5.10 Å². The van der Waals surface area contributed by atoms with E-state index in [1.807, 2.05) is 17.8 Å². The van der Waals surface area contributed by atoms with Crippen LogP contribution in [0.3, 0.4) is 0 Å². The van der Waals surface area contributed by atoms with E-state index in [9.17, 15) is 5.11 Å². The van der Waals surface area contributed by atoms with Gasteiger partial charge in [0, 0.05) is 38.5 Å². The van der Waals surface area contributed by atoms with Gasteiger partial charge in [-0.25, -0.2) is 4.98 Å². The van der Waals surface area contributed by atoms with Crippen LogP contribution in [0.5, 0.6) is 0 Å². The minimum Gasteiger partial charge on any atom is -0.388 e. The fourth-order valence-corrected chi connectivity index (χ4v) is 1.60. The topological polar surface area (TPSA) is 81.9 Å². The summed E-state index contributed by atoms with van der Waals surface area (Å²) in [5.41, 5.74) is 6.43. The number of rotatable bonds is 3. The van der Waals surface area contributed by atoms with Crippen molar-refractivity contribution < 1.29 is 5.11 Å². The third kappa shape index (κ3) is 1.79. The van der Waals surface area contributed by atoms with Crippen LogP contribution in [-0.4, -0.2) is 24.4 Å². The van der Waals surface area contributed by atoms with Crippen molar-refractivity contribution in [1.29, 1.82) is 0 Å². The van der Waals surface area contributed by atoms with E-state index in [0.29, 0.717) is 17.8 Å². The number of aliphatic hydroxyl groups excluding tert-OH is 1. The quantitative estimate of drug-likeness (QED) is 0.765. The van der Waals surface area contributed by atoms with Crippen LogP contribution in [-0.2, 0) is 20.5 Å². The maximum atomic E-state index is 10.0. The number of hydrogen-bond acceptors (Lipinski definition) is 4. The number of anilines is 1. The highest BCUT2D eigenvalue weighted by atomic mass is 16.3. The second-order valence-electron chi connectivity index (χ2n) is 3.78. The minimum absolute atomic E-state index is 0.430. The Morgan fingerprint density at radius 2 is 2.25 bits per heavy atom. The summed E-state index contributed by atoms with van der Waals surface area (Å²) in [5.74, 6) is 1.30. The number of imidazole rings is 1. The molecule has 2 aromatic rings. The Kier molecular flexibility index (Phi) is 2.66. The first-order valence-electron chi connectivity index (χ1n) is 5.01. The summed E-state index contributed by atoms with van der Waals surface area (Å²) in [5, 5.41) is 14.0. The molecule has 0 fully saturated rings. The van der Waals surface area contributed by atoms with Gasteiger partial charge in [0.05, 0.1) is 12.3 Å². The molecule has 3 N–H and O–H groups in total. The third-order valence-corrected chi connectivity index (χ3v) is 2.67. The van der Waals surface area contributed by atoms with Crippen LogP contribution in [0.2, 0.25) is 0 Å². The standard InChI is InChI=1S/C10H15N5O/c1-14-4-3-12-9(14)5-8(16)7-6-13-15(2)10(7)11/h3-4,6,8,16H,5,11H2,1-2H3. The summed E-state index contributed by atoms with van der Waals surface area (Å²) in [7, 11) is 3.63.